The molecule has 2 aromatic carbocycles. The molecule has 0 radical (unpaired) electrons. The van der Waals surface area contributed by atoms with Crippen molar-refractivity contribution in [1.29, 1.82) is 0 Å². The molecule has 0 aliphatic carbocycles. The molecule has 0 aromatic heterocycles. The number of imide groups is 2. The van der Waals surface area contributed by atoms with E-state index in [-0.39, 0.29) is 11.3 Å². The SMILES string of the molecule is CCOc1c(Br)cc(Br)cc1/C=C1\C(=O)NC(=O)N(c2ccc(F)cc2)C1=O. The number of hydrogen-bond donors (Lipinski definition) is 1. The zero-order valence-electron chi connectivity index (χ0n) is 14.5. The van der Waals surface area contributed by atoms with Crippen LogP contribution < -0.4 is 15.0 Å². The molecule has 1 aliphatic rings. The smallest absolute Gasteiger partial charge is 0.335 e. The van der Waals surface area contributed by atoms with Gasteiger partial charge in [0.1, 0.15) is 17.1 Å². The third-order valence-corrected chi connectivity index (χ3v) is 4.86. The highest BCUT2D eigenvalue weighted by Crippen LogP contribution is 2.35. The minimum atomic E-state index is -0.904. The number of anilines is 1. The average molecular weight is 512 g/mol. The van der Waals surface area contributed by atoms with Crippen LogP contribution in [0, 0.1) is 5.82 Å². The van der Waals surface area contributed by atoms with Crippen molar-refractivity contribution in [3.63, 3.8) is 0 Å². The Morgan fingerprint density at radius 3 is 2.46 bits per heavy atom. The number of ether oxygens (including phenoxy) is 1. The number of benzene rings is 2. The molecule has 4 amide bonds. The fourth-order valence-corrected chi connectivity index (χ4v) is 3.99. The summed E-state index contributed by atoms with van der Waals surface area (Å²) in [6.07, 6.45) is 1.35. The Balaban J connectivity index is 2.08. The predicted molar refractivity (Wildman–Crippen MR) is 108 cm³/mol. The molecule has 1 saturated heterocycles. The fourth-order valence-electron chi connectivity index (χ4n) is 2.62. The first-order valence-corrected chi connectivity index (χ1v) is 9.69. The molecule has 0 saturated carbocycles. The van der Waals surface area contributed by atoms with Gasteiger partial charge in [-0.05, 0) is 65.3 Å². The number of halogens is 3. The molecule has 144 valence electrons. The summed E-state index contributed by atoms with van der Waals surface area (Å²) in [5, 5.41) is 2.12. The summed E-state index contributed by atoms with van der Waals surface area (Å²) < 4.78 is 20.1. The second-order valence-electron chi connectivity index (χ2n) is 5.67. The van der Waals surface area contributed by atoms with E-state index in [1.54, 1.807) is 19.1 Å². The van der Waals surface area contributed by atoms with Crippen LogP contribution in [-0.2, 0) is 9.59 Å². The Morgan fingerprint density at radius 2 is 1.82 bits per heavy atom. The second kappa shape index (κ2) is 8.24. The molecule has 6 nitrogen and oxygen atoms in total. The number of nitrogens with one attached hydrogen (secondary N) is 1. The molecule has 2 aromatic rings. The molecule has 1 heterocycles. The van der Waals surface area contributed by atoms with E-state index in [0.717, 1.165) is 17.0 Å². The minimum Gasteiger partial charge on any atom is -0.492 e. The van der Waals surface area contributed by atoms with E-state index in [4.69, 9.17) is 4.74 Å². The molecule has 0 atom stereocenters. The van der Waals surface area contributed by atoms with Gasteiger partial charge in [-0.1, -0.05) is 15.9 Å². The summed E-state index contributed by atoms with van der Waals surface area (Å²) in [6.45, 7) is 2.18. The number of amides is 4. The predicted octanol–water partition coefficient (Wildman–Crippen LogP) is 4.42. The monoisotopic (exact) mass is 510 g/mol. The van der Waals surface area contributed by atoms with Crippen LogP contribution in [-0.4, -0.2) is 24.5 Å². The molecular formula is C19H13Br2FN2O4. The molecule has 1 aliphatic heterocycles. The van der Waals surface area contributed by atoms with Crippen LogP contribution in [0.25, 0.3) is 6.08 Å². The van der Waals surface area contributed by atoms with Crippen LogP contribution in [0.4, 0.5) is 14.9 Å². The van der Waals surface area contributed by atoms with Gasteiger partial charge in [0.25, 0.3) is 11.8 Å². The third kappa shape index (κ3) is 4.00. The molecule has 28 heavy (non-hydrogen) atoms. The number of hydrogen-bond acceptors (Lipinski definition) is 4. The van der Waals surface area contributed by atoms with Crippen molar-refractivity contribution in [2.45, 2.75) is 6.92 Å². The van der Waals surface area contributed by atoms with E-state index in [1.807, 2.05) is 0 Å². The molecular weight excluding hydrogens is 499 g/mol. The van der Waals surface area contributed by atoms with Crippen molar-refractivity contribution in [2.75, 3.05) is 11.5 Å². The Morgan fingerprint density at radius 1 is 1.14 bits per heavy atom. The van der Waals surface area contributed by atoms with Crippen LogP contribution >= 0.6 is 31.9 Å². The number of nitrogens with zero attached hydrogens (tertiary/aromatic N) is 1. The van der Waals surface area contributed by atoms with Crippen LogP contribution in [0.3, 0.4) is 0 Å². The zero-order valence-corrected chi connectivity index (χ0v) is 17.6. The van der Waals surface area contributed by atoms with Crippen molar-refractivity contribution in [3.05, 3.63) is 62.3 Å². The Bertz CT molecular complexity index is 1010. The van der Waals surface area contributed by atoms with Gasteiger partial charge < -0.3 is 4.74 Å². The highest BCUT2D eigenvalue weighted by Gasteiger charge is 2.37. The Kier molecular flexibility index (Phi) is 5.95. The van der Waals surface area contributed by atoms with Gasteiger partial charge in [-0.25, -0.2) is 14.1 Å². The minimum absolute atomic E-state index is 0.141. The number of rotatable bonds is 4. The van der Waals surface area contributed by atoms with Gasteiger partial charge in [0.15, 0.2) is 0 Å². The lowest BCUT2D eigenvalue weighted by atomic mass is 10.1. The van der Waals surface area contributed by atoms with E-state index in [0.29, 0.717) is 26.9 Å². The largest absolute Gasteiger partial charge is 0.492 e. The lowest BCUT2D eigenvalue weighted by Gasteiger charge is -2.26. The normalized spacial score (nSPS) is 15.8. The Labute approximate surface area is 176 Å². The summed E-state index contributed by atoms with van der Waals surface area (Å²) in [6, 6.07) is 7.34. The second-order valence-corrected chi connectivity index (χ2v) is 7.44. The van der Waals surface area contributed by atoms with Crippen molar-refractivity contribution >= 4 is 61.5 Å². The average Bonchev–Trinajstić information content (AvgIpc) is 2.62. The highest BCUT2D eigenvalue weighted by molar-refractivity contribution is 9.11. The molecule has 3 rings (SSSR count). The molecule has 1 fully saturated rings. The Hall–Kier alpha value is -2.52. The van der Waals surface area contributed by atoms with Gasteiger partial charge in [0.2, 0.25) is 0 Å². The zero-order chi connectivity index (χ0) is 20.4. The topological polar surface area (TPSA) is 75.7 Å². The maximum atomic E-state index is 13.2. The number of urea groups is 1. The first-order valence-electron chi connectivity index (χ1n) is 8.10. The first-order chi connectivity index (χ1) is 13.3. The maximum Gasteiger partial charge on any atom is 0.335 e. The van der Waals surface area contributed by atoms with Crippen LogP contribution in [0.1, 0.15) is 12.5 Å². The first kappa shape index (κ1) is 20.2. The quantitative estimate of drug-likeness (QED) is 0.487. The molecule has 0 bridgehead atoms. The van der Waals surface area contributed by atoms with Crippen molar-refractivity contribution in [2.24, 2.45) is 0 Å². The van der Waals surface area contributed by atoms with E-state index >= 15 is 0 Å². The lowest BCUT2D eigenvalue weighted by Crippen LogP contribution is -2.54. The number of barbiturate groups is 1. The number of carbonyl (C=O) groups excluding carboxylic acids is 3. The molecule has 9 heteroatoms. The van der Waals surface area contributed by atoms with Gasteiger partial charge in [-0.2, -0.15) is 0 Å². The summed E-state index contributed by atoms with van der Waals surface area (Å²) in [5.41, 5.74) is 0.354. The van der Waals surface area contributed by atoms with Crippen molar-refractivity contribution < 1.29 is 23.5 Å². The van der Waals surface area contributed by atoms with Gasteiger partial charge in [-0.15, -0.1) is 0 Å². The van der Waals surface area contributed by atoms with Gasteiger partial charge in [0.05, 0.1) is 16.8 Å². The highest BCUT2D eigenvalue weighted by atomic mass is 79.9. The maximum absolute atomic E-state index is 13.2. The van der Waals surface area contributed by atoms with Gasteiger partial charge >= 0.3 is 6.03 Å². The van der Waals surface area contributed by atoms with E-state index in [1.165, 1.54) is 18.2 Å². The van der Waals surface area contributed by atoms with Crippen molar-refractivity contribution in [1.82, 2.24) is 5.32 Å². The summed E-state index contributed by atoms with van der Waals surface area (Å²) in [5.74, 6) is -1.71. The standard InChI is InChI=1S/C19H13Br2FN2O4/c1-2-28-16-10(7-11(20)9-15(16)21)8-14-17(25)23-19(27)24(18(14)26)13-5-3-12(22)4-6-13/h3-9H,2H2,1H3,(H,23,25,27)/b14-8+. The third-order valence-electron chi connectivity index (χ3n) is 3.81. The van der Waals surface area contributed by atoms with E-state index in [2.05, 4.69) is 37.2 Å². The molecule has 0 spiro atoms. The fraction of sp³-hybridized carbons (Fsp3) is 0.105. The van der Waals surface area contributed by atoms with Crippen LogP contribution in [0.5, 0.6) is 5.75 Å². The summed E-state index contributed by atoms with van der Waals surface area (Å²) >= 11 is 6.75. The van der Waals surface area contributed by atoms with Crippen LogP contribution in [0.15, 0.2) is 50.9 Å². The van der Waals surface area contributed by atoms with E-state index < -0.39 is 23.7 Å². The van der Waals surface area contributed by atoms with E-state index in [9.17, 15) is 18.8 Å². The number of carbonyl (C=O) groups is 3. The molecule has 1 N–H and O–H groups in total. The summed E-state index contributed by atoms with van der Waals surface area (Å²) in [4.78, 5) is 38.2. The van der Waals surface area contributed by atoms with Gasteiger partial charge in [-0.3, -0.25) is 14.9 Å². The lowest BCUT2D eigenvalue weighted by molar-refractivity contribution is -0.122. The van der Waals surface area contributed by atoms with Crippen LogP contribution in [0.2, 0.25) is 0 Å². The van der Waals surface area contributed by atoms with Crippen molar-refractivity contribution in [3.8, 4) is 5.75 Å². The molecule has 0 unspecified atom stereocenters. The van der Waals surface area contributed by atoms with Gasteiger partial charge in [0, 0.05) is 10.0 Å². The summed E-state index contributed by atoms with van der Waals surface area (Å²) in [7, 11) is 0.